The molecule has 0 amide bonds. The summed E-state index contributed by atoms with van der Waals surface area (Å²) in [5.41, 5.74) is 16.9. The lowest BCUT2D eigenvalue weighted by Gasteiger charge is -2.33. The van der Waals surface area contributed by atoms with Gasteiger partial charge in [0.1, 0.15) is 0 Å². The number of hydrogen-bond donors (Lipinski definition) is 4. The molecule has 1 atom stereocenters. The summed E-state index contributed by atoms with van der Waals surface area (Å²) in [4.78, 5) is 4.71. The highest BCUT2D eigenvalue weighted by Crippen LogP contribution is 2.05. The van der Waals surface area contributed by atoms with Crippen LogP contribution in [0.1, 0.15) is 25.7 Å². The van der Waals surface area contributed by atoms with Gasteiger partial charge in [0.25, 0.3) is 0 Å². The van der Waals surface area contributed by atoms with Crippen molar-refractivity contribution in [1.29, 1.82) is 0 Å². The fraction of sp³-hybridized carbons (Fsp3) is 1.00. The molecule has 0 saturated carbocycles. The van der Waals surface area contributed by atoms with E-state index in [2.05, 4.69) is 29.2 Å². The fourth-order valence-electron chi connectivity index (χ4n) is 2.18. The lowest BCUT2D eigenvalue weighted by atomic mass is 10.2. The number of rotatable bonds is 14. The van der Waals surface area contributed by atoms with Crippen molar-refractivity contribution in [2.24, 2.45) is 17.2 Å². The first kappa shape index (κ1) is 19.8. The van der Waals surface area contributed by atoms with E-state index in [0.29, 0.717) is 6.17 Å². The molecule has 0 spiro atoms. The van der Waals surface area contributed by atoms with Gasteiger partial charge in [-0.3, -0.25) is 4.90 Å². The zero-order valence-corrected chi connectivity index (χ0v) is 13.5. The molecule has 20 heavy (non-hydrogen) atoms. The second-order valence-corrected chi connectivity index (χ2v) is 5.52. The number of nitrogens with zero attached hydrogens (tertiary/aromatic N) is 2. The Morgan fingerprint density at radius 2 is 1.40 bits per heavy atom. The molecule has 7 N–H and O–H groups in total. The van der Waals surface area contributed by atoms with E-state index in [0.717, 1.165) is 71.5 Å². The quantitative estimate of drug-likeness (QED) is 0.247. The van der Waals surface area contributed by atoms with E-state index < -0.39 is 0 Å². The van der Waals surface area contributed by atoms with Crippen LogP contribution in [0.25, 0.3) is 0 Å². The smallest absolute Gasteiger partial charge is 0.0609 e. The Morgan fingerprint density at radius 1 is 0.850 bits per heavy atom. The van der Waals surface area contributed by atoms with Gasteiger partial charge in [-0.05, 0) is 66.0 Å². The fourth-order valence-corrected chi connectivity index (χ4v) is 2.18. The zero-order chi connectivity index (χ0) is 15.2. The number of nitrogens with two attached hydrogens (primary N) is 3. The second-order valence-electron chi connectivity index (χ2n) is 5.52. The van der Waals surface area contributed by atoms with E-state index in [4.69, 9.17) is 17.2 Å². The third-order valence-corrected chi connectivity index (χ3v) is 3.35. The molecule has 0 saturated heterocycles. The van der Waals surface area contributed by atoms with Crippen molar-refractivity contribution in [3.8, 4) is 0 Å². The molecule has 0 aliphatic rings. The third kappa shape index (κ3) is 10.5. The SMILES string of the molecule is CN(C)CCC(NCCCN)N(CCCN)CCCN. The molecule has 0 aromatic carbocycles. The summed E-state index contributed by atoms with van der Waals surface area (Å²) >= 11 is 0. The van der Waals surface area contributed by atoms with Crippen molar-refractivity contribution >= 4 is 0 Å². The van der Waals surface area contributed by atoms with E-state index in [9.17, 15) is 0 Å². The van der Waals surface area contributed by atoms with E-state index in [1.54, 1.807) is 0 Å². The molecule has 0 aliphatic carbocycles. The largest absolute Gasteiger partial charge is 0.330 e. The topological polar surface area (TPSA) is 96.6 Å². The van der Waals surface area contributed by atoms with Gasteiger partial charge >= 0.3 is 0 Å². The van der Waals surface area contributed by atoms with E-state index in [1.165, 1.54) is 0 Å². The van der Waals surface area contributed by atoms with E-state index in [-0.39, 0.29) is 0 Å². The summed E-state index contributed by atoms with van der Waals surface area (Å²) in [6.45, 7) is 6.32. The van der Waals surface area contributed by atoms with Crippen LogP contribution in [-0.2, 0) is 0 Å². The minimum absolute atomic E-state index is 0.391. The summed E-state index contributed by atoms with van der Waals surface area (Å²) in [6.07, 6.45) is 4.57. The van der Waals surface area contributed by atoms with Crippen LogP contribution in [0.3, 0.4) is 0 Å². The highest BCUT2D eigenvalue weighted by molar-refractivity contribution is 4.72. The molecule has 0 aliphatic heterocycles. The average Bonchev–Trinajstić information content (AvgIpc) is 2.43. The lowest BCUT2D eigenvalue weighted by molar-refractivity contribution is 0.144. The molecule has 122 valence electrons. The normalized spacial score (nSPS) is 13.3. The molecule has 0 radical (unpaired) electrons. The molecule has 0 aromatic heterocycles. The van der Waals surface area contributed by atoms with Crippen LogP contribution in [0.4, 0.5) is 0 Å². The third-order valence-electron chi connectivity index (χ3n) is 3.35. The van der Waals surface area contributed by atoms with Crippen LogP contribution < -0.4 is 22.5 Å². The Balaban J connectivity index is 4.41. The van der Waals surface area contributed by atoms with E-state index >= 15 is 0 Å². The number of nitrogens with one attached hydrogen (secondary N) is 1. The van der Waals surface area contributed by atoms with Gasteiger partial charge in [0.05, 0.1) is 6.17 Å². The maximum absolute atomic E-state index is 5.65. The zero-order valence-electron chi connectivity index (χ0n) is 13.5. The van der Waals surface area contributed by atoms with Crippen LogP contribution in [-0.4, -0.2) is 75.9 Å². The lowest BCUT2D eigenvalue weighted by Crippen LogP contribution is -2.49. The molecule has 0 aromatic rings. The minimum atomic E-state index is 0.391. The van der Waals surface area contributed by atoms with Crippen molar-refractivity contribution in [1.82, 2.24) is 15.1 Å². The van der Waals surface area contributed by atoms with Gasteiger partial charge in [0.15, 0.2) is 0 Å². The van der Waals surface area contributed by atoms with Gasteiger partial charge < -0.3 is 27.4 Å². The van der Waals surface area contributed by atoms with Gasteiger partial charge in [-0.1, -0.05) is 0 Å². The molecular formula is C14H36N6. The van der Waals surface area contributed by atoms with Crippen LogP contribution >= 0.6 is 0 Å². The second kappa shape index (κ2) is 13.7. The maximum atomic E-state index is 5.65. The molecular weight excluding hydrogens is 252 g/mol. The molecule has 6 heteroatoms. The van der Waals surface area contributed by atoms with Crippen molar-refractivity contribution < 1.29 is 0 Å². The predicted molar refractivity (Wildman–Crippen MR) is 87.5 cm³/mol. The molecule has 0 rings (SSSR count). The first-order valence-corrected chi connectivity index (χ1v) is 7.88. The monoisotopic (exact) mass is 288 g/mol. The number of hydrogen-bond acceptors (Lipinski definition) is 6. The van der Waals surface area contributed by atoms with Crippen molar-refractivity contribution in [3.63, 3.8) is 0 Å². The van der Waals surface area contributed by atoms with Gasteiger partial charge in [-0.15, -0.1) is 0 Å². The van der Waals surface area contributed by atoms with Crippen LogP contribution in [0, 0.1) is 0 Å². The molecule has 1 unspecified atom stereocenters. The van der Waals surface area contributed by atoms with Gasteiger partial charge in [0.2, 0.25) is 0 Å². The summed E-state index contributed by atoms with van der Waals surface area (Å²) in [7, 11) is 4.22. The van der Waals surface area contributed by atoms with Gasteiger partial charge in [0, 0.05) is 19.6 Å². The molecule has 0 bridgehead atoms. The first-order valence-electron chi connectivity index (χ1n) is 7.88. The average molecular weight is 288 g/mol. The Labute approximate surface area is 125 Å². The van der Waals surface area contributed by atoms with Gasteiger partial charge in [-0.2, -0.15) is 0 Å². The Kier molecular flexibility index (Phi) is 13.6. The van der Waals surface area contributed by atoms with Crippen LogP contribution in [0.2, 0.25) is 0 Å². The van der Waals surface area contributed by atoms with Crippen molar-refractivity contribution in [2.45, 2.75) is 31.8 Å². The highest BCUT2D eigenvalue weighted by atomic mass is 15.3. The summed E-state index contributed by atoms with van der Waals surface area (Å²) in [5, 5.41) is 3.63. The minimum Gasteiger partial charge on any atom is -0.330 e. The molecule has 0 heterocycles. The standard InChI is InChI=1S/C14H36N6/c1-19(2)13-6-14(18-10-3-7-15)20(11-4-8-16)12-5-9-17/h14,18H,3-13,15-17H2,1-2H3. The van der Waals surface area contributed by atoms with Crippen LogP contribution in [0.5, 0.6) is 0 Å². The molecule has 6 nitrogen and oxygen atoms in total. The van der Waals surface area contributed by atoms with Gasteiger partial charge in [-0.25, -0.2) is 0 Å². The van der Waals surface area contributed by atoms with Crippen molar-refractivity contribution in [2.75, 3.05) is 59.9 Å². The Bertz CT molecular complexity index is 192. The predicted octanol–water partition coefficient (Wildman–Crippen LogP) is -0.798. The summed E-state index contributed by atoms with van der Waals surface area (Å²) in [6, 6.07) is 0. The Hall–Kier alpha value is -0.240. The summed E-state index contributed by atoms with van der Waals surface area (Å²) < 4.78 is 0. The Morgan fingerprint density at radius 3 is 1.85 bits per heavy atom. The van der Waals surface area contributed by atoms with Crippen molar-refractivity contribution in [3.05, 3.63) is 0 Å². The van der Waals surface area contributed by atoms with E-state index in [1.807, 2.05) is 0 Å². The maximum Gasteiger partial charge on any atom is 0.0609 e. The first-order chi connectivity index (χ1) is 9.65. The highest BCUT2D eigenvalue weighted by Gasteiger charge is 2.17. The summed E-state index contributed by atoms with van der Waals surface area (Å²) in [5.74, 6) is 0. The molecule has 0 fully saturated rings. The van der Waals surface area contributed by atoms with Crippen LogP contribution in [0.15, 0.2) is 0 Å².